The molecule has 7 nitrogen and oxygen atoms in total. The molecule has 0 aromatic heterocycles. The standard InChI is InChI=1S/C18H18O7P.C14H22/c1-22-11-7-5-8-12(23-2)15(11)17(19)26(21)18(20)16-13(24-3)9-6-10-14(16)25-4;1-5-9-12(2)14(3,4)13-10-7-6-8-11-13/h5-10H,1-4H3;6-8,10-12H,5,9H2,1-4H3/q+1;. The Morgan fingerprint density at radius 3 is 1.40 bits per heavy atom. The zero-order chi connectivity index (χ0) is 29.9. The van der Waals surface area contributed by atoms with Crippen LogP contribution in [0.1, 0.15) is 66.8 Å². The number of ether oxygens (including phenoxy) is 4. The number of hydrogen-bond acceptors (Lipinski definition) is 7. The molecule has 1 unspecified atom stereocenters. The van der Waals surface area contributed by atoms with E-state index < -0.39 is 18.8 Å². The normalized spacial score (nSPS) is 11.4. The molecule has 0 heterocycles. The van der Waals surface area contributed by atoms with E-state index in [1.54, 1.807) is 12.1 Å². The first-order valence-corrected chi connectivity index (χ1v) is 14.4. The fraction of sp³-hybridized carbons (Fsp3) is 0.375. The van der Waals surface area contributed by atoms with Crippen molar-refractivity contribution in [1.82, 2.24) is 0 Å². The number of carbonyl (C=O) groups is 2. The maximum Gasteiger partial charge on any atom is 0.502 e. The molecule has 0 aliphatic rings. The van der Waals surface area contributed by atoms with E-state index in [1.165, 1.54) is 71.1 Å². The van der Waals surface area contributed by atoms with Crippen LogP contribution in [0.3, 0.4) is 0 Å². The minimum absolute atomic E-state index is 0.0548. The van der Waals surface area contributed by atoms with Gasteiger partial charge in [0.1, 0.15) is 23.0 Å². The second-order valence-corrected chi connectivity index (χ2v) is 11.2. The van der Waals surface area contributed by atoms with Crippen molar-refractivity contribution in [2.45, 2.75) is 46.0 Å². The molecule has 0 spiro atoms. The molecular weight excluding hydrogens is 527 g/mol. The lowest BCUT2D eigenvalue weighted by atomic mass is 9.72. The first-order chi connectivity index (χ1) is 19.1. The highest BCUT2D eigenvalue weighted by Gasteiger charge is 2.45. The van der Waals surface area contributed by atoms with Gasteiger partial charge in [-0.15, -0.1) is 0 Å². The van der Waals surface area contributed by atoms with Crippen molar-refractivity contribution in [3.8, 4) is 23.0 Å². The van der Waals surface area contributed by atoms with Crippen LogP contribution < -0.4 is 18.9 Å². The Balaban J connectivity index is 0.000000337. The first kappa shape index (κ1) is 32.5. The summed E-state index contributed by atoms with van der Waals surface area (Å²) in [5, 5.41) is 0. The monoisotopic (exact) mass is 567 g/mol. The molecule has 0 saturated carbocycles. The third kappa shape index (κ3) is 7.48. The van der Waals surface area contributed by atoms with E-state index in [2.05, 4.69) is 58.0 Å². The van der Waals surface area contributed by atoms with Gasteiger partial charge in [-0.2, -0.15) is 0 Å². The largest absolute Gasteiger partial charge is 0.502 e. The highest BCUT2D eigenvalue weighted by molar-refractivity contribution is 7.80. The second-order valence-electron chi connectivity index (χ2n) is 9.76. The van der Waals surface area contributed by atoms with E-state index in [0.29, 0.717) is 5.41 Å². The Morgan fingerprint density at radius 2 is 1.07 bits per heavy atom. The van der Waals surface area contributed by atoms with Gasteiger partial charge in [-0.3, -0.25) is 0 Å². The van der Waals surface area contributed by atoms with Crippen molar-refractivity contribution in [3.63, 3.8) is 0 Å². The van der Waals surface area contributed by atoms with Gasteiger partial charge in [0.15, 0.2) is 11.1 Å². The summed E-state index contributed by atoms with van der Waals surface area (Å²) in [7, 11) is 2.47. The van der Waals surface area contributed by atoms with Crippen LogP contribution in [0.25, 0.3) is 0 Å². The second kappa shape index (κ2) is 15.2. The Morgan fingerprint density at radius 1 is 0.700 bits per heavy atom. The van der Waals surface area contributed by atoms with Crippen molar-refractivity contribution < 1.29 is 33.1 Å². The van der Waals surface area contributed by atoms with Crippen LogP contribution in [0.2, 0.25) is 0 Å². The number of hydrogen-bond donors (Lipinski definition) is 0. The lowest BCUT2D eigenvalue weighted by Gasteiger charge is -2.32. The van der Waals surface area contributed by atoms with Crippen LogP contribution in [0.5, 0.6) is 23.0 Å². The minimum atomic E-state index is -2.99. The van der Waals surface area contributed by atoms with E-state index in [4.69, 9.17) is 18.9 Å². The van der Waals surface area contributed by atoms with Gasteiger partial charge in [0.25, 0.3) is 0 Å². The molecule has 3 rings (SSSR count). The van der Waals surface area contributed by atoms with Gasteiger partial charge in [-0.05, 0) is 41.2 Å². The van der Waals surface area contributed by atoms with Crippen molar-refractivity contribution in [2.24, 2.45) is 5.92 Å². The summed E-state index contributed by atoms with van der Waals surface area (Å²) in [6.45, 7) is 9.32. The van der Waals surface area contributed by atoms with Crippen LogP contribution >= 0.6 is 7.80 Å². The summed E-state index contributed by atoms with van der Waals surface area (Å²) >= 11 is 0. The Hall–Kier alpha value is -3.70. The SMILES string of the molecule is CCCC(C)C(C)(C)c1ccccc1.COc1cccc(OC)c1C(=O)[P+](=O)C(=O)c1c(OC)cccc1OC. The van der Waals surface area contributed by atoms with Crippen LogP contribution in [-0.2, 0) is 9.98 Å². The van der Waals surface area contributed by atoms with Gasteiger partial charge in [0, 0.05) is 0 Å². The molecule has 3 aromatic rings. The number of carbonyl (C=O) groups excluding carboxylic acids is 2. The maximum atomic E-state index is 12.8. The lowest BCUT2D eigenvalue weighted by Crippen LogP contribution is -2.26. The van der Waals surface area contributed by atoms with E-state index in [0.717, 1.165) is 5.92 Å². The van der Waals surface area contributed by atoms with E-state index in [-0.39, 0.29) is 34.1 Å². The topological polar surface area (TPSA) is 88.1 Å². The van der Waals surface area contributed by atoms with Crippen molar-refractivity contribution in [1.29, 1.82) is 0 Å². The average Bonchev–Trinajstić information content (AvgIpc) is 2.99. The number of methoxy groups -OCH3 is 4. The Labute approximate surface area is 238 Å². The first-order valence-electron chi connectivity index (χ1n) is 13.1. The molecule has 8 heteroatoms. The summed E-state index contributed by atoms with van der Waals surface area (Å²) in [6.07, 6.45) is 2.58. The molecule has 0 aliphatic carbocycles. The predicted octanol–water partition coefficient (Wildman–Crippen LogP) is 7.93. The number of benzene rings is 3. The number of rotatable bonds is 12. The van der Waals surface area contributed by atoms with Gasteiger partial charge in [0.05, 0.1) is 28.4 Å². The van der Waals surface area contributed by atoms with Crippen molar-refractivity contribution in [3.05, 3.63) is 83.4 Å². The lowest BCUT2D eigenvalue weighted by molar-refractivity contribution is 0.104. The fourth-order valence-corrected chi connectivity index (χ4v) is 5.40. The van der Waals surface area contributed by atoms with Gasteiger partial charge < -0.3 is 18.9 Å². The molecule has 0 bridgehead atoms. The third-order valence-electron chi connectivity index (χ3n) is 7.12. The minimum Gasteiger partial charge on any atom is -0.496 e. The molecule has 0 radical (unpaired) electrons. The van der Waals surface area contributed by atoms with Gasteiger partial charge in [0.2, 0.25) is 0 Å². The van der Waals surface area contributed by atoms with Gasteiger partial charge in [-0.25, -0.2) is 9.59 Å². The summed E-state index contributed by atoms with van der Waals surface area (Å²) in [4.78, 5) is 25.5. The molecule has 0 amide bonds. The van der Waals surface area contributed by atoms with E-state index in [1.807, 2.05) is 0 Å². The van der Waals surface area contributed by atoms with Crippen LogP contribution in [0, 0.1) is 5.92 Å². The van der Waals surface area contributed by atoms with Crippen LogP contribution in [0.15, 0.2) is 66.7 Å². The van der Waals surface area contributed by atoms with Crippen LogP contribution in [-0.4, -0.2) is 39.5 Å². The molecule has 0 aliphatic heterocycles. The molecule has 0 fully saturated rings. The molecule has 0 N–H and O–H groups in total. The Kier molecular flexibility index (Phi) is 12.3. The zero-order valence-electron chi connectivity index (χ0n) is 24.6. The zero-order valence-corrected chi connectivity index (χ0v) is 25.5. The fourth-order valence-electron chi connectivity index (χ4n) is 4.37. The van der Waals surface area contributed by atoms with Crippen molar-refractivity contribution in [2.75, 3.05) is 28.4 Å². The highest BCUT2D eigenvalue weighted by Crippen LogP contribution is 2.43. The smallest absolute Gasteiger partial charge is 0.496 e. The summed E-state index contributed by atoms with van der Waals surface area (Å²) in [5.41, 5.74) is -0.140. The third-order valence-corrected chi connectivity index (χ3v) is 8.31. The summed E-state index contributed by atoms with van der Waals surface area (Å²) in [6, 6.07) is 20.2. The van der Waals surface area contributed by atoms with Gasteiger partial charge in [-0.1, -0.05) is 87.6 Å². The maximum absolute atomic E-state index is 12.8. The summed E-state index contributed by atoms with van der Waals surface area (Å²) < 4.78 is 33.3. The molecule has 214 valence electrons. The molecule has 0 saturated heterocycles. The molecular formula is C32H40O7P+. The highest BCUT2D eigenvalue weighted by atomic mass is 31.1. The van der Waals surface area contributed by atoms with E-state index >= 15 is 0 Å². The quantitative estimate of drug-likeness (QED) is 0.205. The van der Waals surface area contributed by atoms with Crippen LogP contribution in [0.4, 0.5) is 0 Å². The predicted molar refractivity (Wildman–Crippen MR) is 159 cm³/mol. The van der Waals surface area contributed by atoms with E-state index in [9.17, 15) is 14.2 Å². The summed E-state index contributed by atoms with van der Waals surface area (Å²) in [5.74, 6) is 1.40. The van der Waals surface area contributed by atoms with Gasteiger partial charge >= 0.3 is 18.8 Å². The molecule has 3 aromatic carbocycles. The molecule has 1 atom stereocenters. The Bertz CT molecular complexity index is 1190. The molecule has 40 heavy (non-hydrogen) atoms. The van der Waals surface area contributed by atoms with Crippen molar-refractivity contribution >= 4 is 18.8 Å². The average molecular weight is 568 g/mol.